The van der Waals surface area contributed by atoms with Gasteiger partial charge in [-0.25, -0.2) is 4.79 Å². The maximum atomic E-state index is 11.7. The SMILES string of the molecule is CCOCCC(=O)NC(C)c1ccc(OCC(=O)O)cc1. The van der Waals surface area contributed by atoms with Crippen molar-refractivity contribution in [2.75, 3.05) is 19.8 Å². The first-order valence-corrected chi connectivity index (χ1v) is 6.84. The molecular formula is C15H21NO5. The van der Waals surface area contributed by atoms with E-state index in [0.717, 1.165) is 5.56 Å². The van der Waals surface area contributed by atoms with Crippen LogP contribution in [0.4, 0.5) is 0 Å². The van der Waals surface area contributed by atoms with E-state index in [1.54, 1.807) is 24.3 Å². The lowest BCUT2D eigenvalue weighted by atomic mass is 10.1. The van der Waals surface area contributed by atoms with E-state index in [0.29, 0.717) is 25.4 Å². The molecule has 0 fully saturated rings. The molecular weight excluding hydrogens is 274 g/mol. The first-order valence-electron chi connectivity index (χ1n) is 6.84. The molecule has 6 heteroatoms. The van der Waals surface area contributed by atoms with Crippen molar-refractivity contribution in [3.63, 3.8) is 0 Å². The molecule has 0 heterocycles. The lowest BCUT2D eigenvalue weighted by molar-refractivity contribution is -0.139. The highest BCUT2D eigenvalue weighted by Crippen LogP contribution is 2.17. The van der Waals surface area contributed by atoms with Crippen LogP contribution in [0.5, 0.6) is 5.75 Å². The summed E-state index contributed by atoms with van der Waals surface area (Å²) in [6, 6.07) is 6.82. The summed E-state index contributed by atoms with van der Waals surface area (Å²) in [5, 5.41) is 11.4. The van der Waals surface area contributed by atoms with Gasteiger partial charge in [0.15, 0.2) is 6.61 Å². The van der Waals surface area contributed by atoms with Crippen molar-refractivity contribution in [3.8, 4) is 5.75 Å². The zero-order valence-corrected chi connectivity index (χ0v) is 12.3. The van der Waals surface area contributed by atoms with Crippen LogP contribution < -0.4 is 10.1 Å². The largest absolute Gasteiger partial charge is 0.482 e. The van der Waals surface area contributed by atoms with E-state index in [4.69, 9.17) is 14.6 Å². The van der Waals surface area contributed by atoms with Crippen molar-refractivity contribution in [2.45, 2.75) is 26.3 Å². The third kappa shape index (κ3) is 6.76. The summed E-state index contributed by atoms with van der Waals surface area (Å²) in [7, 11) is 0. The monoisotopic (exact) mass is 295 g/mol. The Balaban J connectivity index is 2.45. The van der Waals surface area contributed by atoms with E-state index < -0.39 is 5.97 Å². The topological polar surface area (TPSA) is 84.9 Å². The Morgan fingerprint density at radius 3 is 2.52 bits per heavy atom. The van der Waals surface area contributed by atoms with Gasteiger partial charge in [-0.1, -0.05) is 12.1 Å². The number of benzene rings is 1. The standard InChI is InChI=1S/C15H21NO5/c1-3-20-9-8-14(17)16-11(2)12-4-6-13(7-5-12)21-10-15(18)19/h4-7,11H,3,8-10H2,1-2H3,(H,16,17)(H,18,19). The number of carboxylic acids is 1. The van der Waals surface area contributed by atoms with Crippen LogP contribution in [0.2, 0.25) is 0 Å². The maximum absolute atomic E-state index is 11.7. The smallest absolute Gasteiger partial charge is 0.341 e. The number of nitrogens with one attached hydrogen (secondary N) is 1. The van der Waals surface area contributed by atoms with Crippen LogP contribution in [0.15, 0.2) is 24.3 Å². The Hall–Kier alpha value is -2.08. The van der Waals surface area contributed by atoms with Gasteiger partial charge in [-0.05, 0) is 31.5 Å². The Morgan fingerprint density at radius 1 is 1.29 bits per heavy atom. The molecule has 0 radical (unpaired) electrons. The lowest BCUT2D eigenvalue weighted by Gasteiger charge is -2.15. The van der Waals surface area contributed by atoms with Crippen LogP contribution in [0.1, 0.15) is 31.9 Å². The van der Waals surface area contributed by atoms with E-state index in [-0.39, 0.29) is 18.6 Å². The van der Waals surface area contributed by atoms with Crippen molar-refractivity contribution in [1.29, 1.82) is 0 Å². The van der Waals surface area contributed by atoms with Crippen LogP contribution in [-0.2, 0) is 14.3 Å². The third-order valence-electron chi connectivity index (χ3n) is 2.80. The molecule has 0 saturated heterocycles. The second-order valence-electron chi connectivity index (χ2n) is 4.49. The summed E-state index contributed by atoms with van der Waals surface area (Å²) in [5.41, 5.74) is 0.919. The zero-order valence-electron chi connectivity index (χ0n) is 12.3. The molecule has 1 aromatic rings. The first-order chi connectivity index (χ1) is 10.0. The molecule has 6 nitrogen and oxygen atoms in total. The van der Waals surface area contributed by atoms with Crippen molar-refractivity contribution >= 4 is 11.9 Å². The molecule has 0 saturated carbocycles. The van der Waals surface area contributed by atoms with Crippen molar-refractivity contribution in [1.82, 2.24) is 5.32 Å². The van der Waals surface area contributed by atoms with Crippen LogP contribution in [0.3, 0.4) is 0 Å². The molecule has 1 amide bonds. The molecule has 1 rings (SSSR count). The van der Waals surface area contributed by atoms with Gasteiger partial charge >= 0.3 is 5.97 Å². The average Bonchev–Trinajstić information content (AvgIpc) is 2.45. The number of carbonyl (C=O) groups excluding carboxylic acids is 1. The average molecular weight is 295 g/mol. The first kappa shape index (κ1) is 17.0. The normalized spacial score (nSPS) is 11.7. The number of rotatable bonds is 9. The molecule has 2 N–H and O–H groups in total. The summed E-state index contributed by atoms with van der Waals surface area (Å²) in [6.45, 7) is 4.40. The molecule has 0 aliphatic carbocycles. The fourth-order valence-electron chi connectivity index (χ4n) is 1.70. The van der Waals surface area contributed by atoms with Gasteiger partial charge in [0.2, 0.25) is 5.91 Å². The van der Waals surface area contributed by atoms with E-state index in [2.05, 4.69) is 5.32 Å². The fraction of sp³-hybridized carbons (Fsp3) is 0.467. The Morgan fingerprint density at radius 2 is 1.95 bits per heavy atom. The highest BCUT2D eigenvalue weighted by molar-refractivity contribution is 5.76. The van der Waals surface area contributed by atoms with E-state index >= 15 is 0 Å². The van der Waals surface area contributed by atoms with E-state index in [9.17, 15) is 9.59 Å². The lowest BCUT2D eigenvalue weighted by Crippen LogP contribution is -2.27. The van der Waals surface area contributed by atoms with E-state index in [1.807, 2.05) is 13.8 Å². The predicted molar refractivity (Wildman–Crippen MR) is 77.2 cm³/mol. The molecule has 21 heavy (non-hydrogen) atoms. The molecule has 0 aliphatic rings. The molecule has 0 aliphatic heterocycles. The number of hydrogen-bond donors (Lipinski definition) is 2. The highest BCUT2D eigenvalue weighted by Gasteiger charge is 2.09. The number of carbonyl (C=O) groups is 2. The van der Waals surface area contributed by atoms with Crippen LogP contribution in [0, 0.1) is 0 Å². The molecule has 0 aromatic heterocycles. The fourth-order valence-corrected chi connectivity index (χ4v) is 1.70. The van der Waals surface area contributed by atoms with Gasteiger partial charge < -0.3 is 19.9 Å². The molecule has 0 bridgehead atoms. The summed E-state index contributed by atoms with van der Waals surface area (Å²) in [5.74, 6) is -0.604. The quantitative estimate of drug-likeness (QED) is 0.678. The number of hydrogen-bond acceptors (Lipinski definition) is 4. The minimum absolute atomic E-state index is 0.0675. The molecule has 1 aromatic carbocycles. The Labute approximate surface area is 124 Å². The Kier molecular flexibility index (Phi) is 7.25. The molecule has 1 unspecified atom stereocenters. The van der Waals surface area contributed by atoms with Gasteiger partial charge in [-0.3, -0.25) is 4.79 Å². The number of carboxylic acid groups (broad SMARTS) is 1. The maximum Gasteiger partial charge on any atom is 0.341 e. The predicted octanol–water partition coefficient (Wildman–Crippen LogP) is 1.75. The summed E-state index contributed by atoms with van der Waals surface area (Å²) in [4.78, 5) is 22.1. The van der Waals surface area contributed by atoms with Crippen LogP contribution in [-0.4, -0.2) is 36.8 Å². The van der Waals surface area contributed by atoms with E-state index in [1.165, 1.54) is 0 Å². The Bertz CT molecular complexity index is 458. The van der Waals surface area contributed by atoms with Crippen molar-refractivity contribution in [3.05, 3.63) is 29.8 Å². The second-order valence-corrected chi connectivity index (χ2v) is 4.49. The second kappa shape index (κ2) is 8.97. The summed E-state index contributed by atoms with van der Waals surface area (Å²) in [6.07, 6.45) is 0.331. The molecule has 0 spiro atoms. The van der Waals surface area contributed by atoms with Crippen molar-refractivity contribution < 1.29 is 24.2 Å². The molecule has 1 atom stereocenters. The minimum Gasteiger partial charge on any atom is -0.482 e. The van der Waals surface area contributed by atoms with Gasteiger partial charge in [0.05, 0.1) is 12.6 Å². The number of ether oxygens (including phenoxy) is 2. The third-order valence-corrected chi connectivity index (χ3v) is 2.80. The van der Waals surface area contributed by atoms with Gasteiger partial charge in [0.1, 0.15) is 5.75 Å². The van der Waals surface area contributed by atoms with Gasteiger partial charge in [-0.15, -0.1) is 0 Å². The number of aliphatic carboxylic acids is 1. The van der Waals surface area contributed by atoms with Crippen molar-refractivity contribution in [2.24, 2.45) is 0 Å². The van der Waals surface area contributed by atoms with Gasteiger partial charge in [0.25, 0.3) is 0 Å². The van der Waals surface area contributed by atoms with Crippen LogP contribution in [0.25, 0.3) is 0 Å². The van der Waals surface area contributed by atoms with Gasteiger partial charge in [0, 0.05) is 13.0 Å². The highest BCUT2D eigenvalue weighted by atomic mass is 16.5. The zero-order chi connectivity index (χ0) is 15.7. The summed E-state index contributed by atoms with van der Waals surface area (Å²) >= 11 is 0. The minimum atomic E-state index is -1.02. The summed E-state index contributed by atoms with van der Waals surface area (Å²) < 4.78 is 10.2. The van der Waals surface area contributed by atoms with Gasteiger partial charge in [-0.2, -0.15) is 0 Å². The number of amides is 1. The van der Waals surface area contributed by atoms with Crippen LogP contribution >= 0.6 is 0 Å². The molecule has 116 valence electrons.